The first-order valence-corrected chi connectivity index (χ1v) is 8.11. The van der Waals surface area contributed by atoms with Crippen LogP contribution in [0.2, 0.25) is 0 Å². The average Bonchev–Trinajstić information content (AvgIpc) is 3.01. The normalized spacial score (nSPS) is 16.9. The van der Waals surface area contributed by atoms with Gasteiger partial charge in [0.15, 0.2) is 5.96 Å². The van der Waals surface area contributed by atoms with Gasteiger partial charge < -0.3 is 10.6 Å². The Hall–Kier alpha value is -0.850. The van der Waals surface area contributed by atoms with Crippen LogP contribution in [-0.4, -0.2) is 31.1 Å². The number of hydrogen-bond donors (Lipinski definition) is 2. The molecule has 1 aliphatic rings. The summed E-state index contributed by atoms with van der Waals surface area (Å²) in [5.41, 5.74) is 1.74. The van der Waals surface area contributed by atoms with Crippen LogP contribution in [0.25, 0.3) is 0 Å². The lowest BCUT2D eigenvalue weighted by atomic mass is 9.83. The van der Waals surface area contributed by atoms with Crippen molar-refractivity contribution < 1.29 is 0 Å². The number of aliphatic imine (C=N–C) groups is 1. The van der Waals surface area contributed by atoms with E-state index in [1.807, 2.05) is 25.5 Å². The van der Waals surface area contributed by atoms with Crippen LogP contribution in [0.4, 0.5) is 0 Å². The van der Waals surface area contributed by atoms with Crippen LogP contribution in [0.1, 0.15) is 44.6 Å². The lowest BCUT2D eigenvalue weighted by Crippen LogP contribution is -2.43. The Balaban J connectivity index is 0.00000242. The number of guanidine groups is 1. The van der Waals surface area contributed by atoms with Gasteiger partial charge in [0, 0.05) is 32.5 Å². The minimum Gasteiger partial charge on any atom is -0.356 e. The van der Waals surface area contributed by atoms with Crippen LogP contribution < -0.4 is 10.6 Å². The third-order valence-electron chi connectivity index (χ3n) is 4.70. The highest BCUT2D eigenvalue weighted by molar-refractivity contribution is 14.0. The number of nitrogens with one attached hydrogen (secondary N) is 2. The molecule has 1 aliphatic carbocycles. The fourth-order valence-corrected chi connectivity index (χ4v) is 3.14. The van der Waals surface area contributed by atoms with E-state index in [-0.39, 0.29) is 24.0 Å². The summed E-state index contributed by atoms with van der Waals surface area (Å²) in [6.07, 6.45) is 11.4. The first kappa shape index (κ1) is 19.2. The summed E-state index contributed by atoms with van der Waals surface area (Å²) >= 11 is 0. The zero-order chi connectivity index (χ0) is 15.0. The fraction of sp³-hybridized carbons (Fsp3) is 0.647. The largest absolute Gasteiger partial charge is 0.356 e. The smallest absolute Gasteiger partial charge is 0.191 e. The van der Waals surface area contributed by atoms with Crippen molar-refractivity contribution in [3.63, 3.8) is 0 Å². The Morgan fingerprint density at radius 1 is 1.32 bits per heavy atom. The summed E-state index contributed by atoms with van der Waals surface area (Å²) in [7, 11) is 1.84. The molecule has 0 spiro atoms. The van der Waals surface area contributed by atoms with Gasteiger partial charge in [0.25, 0.3) is 0 Å². The number of nitrogens with zero attached hydrogens (tertiary/aromatic N) is 2. The molecule has 1 saturated carbocycles. The van der Waals surface area contributed by atoms with E-state index in [1.165, 1.54) is 37.7 Å². The second kappa shape index (κ2) is 10.0. The van der Waals surface area contributed by atoms with E-state index < -0.39 is 0 Å². The molecule has 0 radical (unpaired) electrons. The van der Waals surface area contributed by atoms with Crippen molar-refractivity contribution in [2.45, 2.75) is 45.4 Å². The minimum absolute atomic E-state index is 0. The molecule has 124 valence electrons. The summed E-state index contributed by atoms with van der Waals surface area (Å²) in [6, 6.07) is 4.09. The molecule has 2 N–H and O–H groups in total. The maximum atomic E-state index is 4.32. The number of aromatic nitrogens is 1. The molecule has 1 fully saturated rings. The summed E-state index contributed by atoms with van der Waals surface area (Å²) < 4.78 is 0. The molecule has 22 heavy (non-hydrogen) atoms. The monoisotopic (exact) mass is 416 g/mol. The predicted octanol–water partition coefficient (Wildman–Crippen LogP) is 3.38. The first-order chi connectivity index (χ1) is 10.3. The van der Waals surface area contributed by atoms with Crippen molar-refractivity contribution in [2.24, 2.45) is 10.4 Å². The zero-order valence-corrected chi connectivity index (χ0v) is 16.1. The van der Waals surface area contributed by atoms with Gasteiger partial charge >= 0.3 is 0 Å². The molecule has 5 heteroatoms. The van der Waals surface area contributed by atoms with Crippen molar-refractivity contribution in [1.82, 2.24) is 15.6 Å². The third kappa shape index (κ3) is 5.74. The van der Waals surface area contributed by atoms with Gasteiger partial charge in [-0.2, -0.15) is 0 Å². The number of halogens is 1. The summed E-state index contributed by atoms with van der Waals surface area (Å²) in [6.45, 7) is 4.23. The van der Waals surface area contributed by atoms with Gasteiger partial charge in [0.1, 0.15) is 0 Å². The topological polar surface area (TPSA) is 49.3 Å². The third-order valence-corrected chi connectivity index (χ3v) is 4.70. The number of pyridine rings is 1. The van der Waals surface area contributed by atoms with E-state index in [0.29, 0.717) is 5.41 Å². The van der Waals surface area contributed by atoms with Crippen molar-refractivity contribution in [2.75, 3.05) is 20.1 Å². The molecular formula is C17H29IN4. The Kier molecular flexibility index (Phi) is 8.75. The van der Waals surface area contributed by atoms with Gasteiger partial charge in [-0.05, 0) is 42.7 Å². The van der Waals surface area contributed by atoms with E-state index in [1.54, 1.807) is 0 Å². The Bertz CT molecular complexity index is 441. The molecule has 0 amide bonds. The van der Waals surface area contributed by atoms with Crippen LogP contribution >= 0.6 is 24.0 Å². The lowest BCUT2D eigenvalue weighted by Gasteiger charge is -2.28. The van der Waals surface area contributed by atoms with E-state index >= 15 is 0 Å². The van der Waals surface area contributed by atoms with E-state index in [2.05, 4.69) is 33.6 Å². The summed E-state index contributed by atoms with van der Waals surface area (Å²) in [4.78, 5) is 8.46. The average molecular weight is 416 g/mol. The molecule has 0 aliphatic heterocycles. The molecule has 0 atom stereocenters. The summed E-state index contributed by atoms with van der Waals surface area (Å²) in [5.74, 6) is 0.915. The van der Waals surface area contributed by atoms with Crippen LogP contribution in [0.5, 0.6) is 0 Å². The maximum Gasteiger partial charge on any atom is 0.191 e. The van der Waals surface area contributed by atoms with Gasteiger partial charge in [0.2, 0.25) is 0 Å². The highest BCUT2D eigenvalue weighted by Gasteiger charge is 2.31. The molecule has 1 aromatic heterocycles. The van der Waals surface area contributed by atoms with Gasteiger partial charge in [-0.1, -0.05) is 25.8 Å². The van der Waals surface area contributed by atoms with Crippen LogP contribution in [0, 0.1) is 5.41 Å². The quantitative estimate of drug-likeness (QED) is 0.425. The van der Waals surface area contributed by atoms with Crippen LogP contribution in [0.15, 0.2) is 29.5 Å². The van der Waals surface area contributed by atoms with Crippen molar-refractivity contribution in [3.05, 3.63) is 30.1 Å². The molecule has 0 unspecified atom stereocenters. The van der Waals surface area contributed by atoms with E-state index in [4.69, 9.17) is 0 Å². The van der Waals surface area contributed by atoms with Gasteiger partial charge in [-0.25, -0.2) is 0 Å². The number of hydrogen-bond acceptors (Lipinski definition) is 2. The lowest BCUT2D eigenvalue weighted by molar-refractivity contribution is 0.283. The van der Waals surface area contributed by atoms with E-state index in [0.717, 1.165) is 25.5 Å². The Morgan fingerprint density at radius 3 is 2.68 bits per heavy atom. The molecule has 2 rings (SSSR count). The van der Waals surface area contributed by atoms with Gasteiger partial charge in [-0.15, -0.1) is 24.0 Å². The molecule has 4 nitrogen and oxygen atoms in total. The molecule has 0 aromatic carbocycles. The predicted molar refractivity (Wildman–Crippen MR) is 104 cm³/mol. The Labute approximate surface area is 151 Å². The molecule has 0 bridgehead atoms. The summed E-state index contributed by atoms with van der Waals surface area (Å²) in [5, 5.41) is 6.91. The minimum atomic E-state index is 0. The van der Waals surface area contributed by atoms with Crippen molar-refractivity contribution in [3.8, 4) is 0 Å². The van der Waals surface area contributed by atoms with Gasteiger partial charge in [-0.3, -0.25) is 9.98 Å². The highest BCUT2D eigenvalue weighted by Crippen LogP contribution is 2.40. The molecule has 0 saturated heterocycles. The molecule has 1 heterocycles. The van der Waals surface area contributed by atoms with Crippen molar-refractivity contribution in [1.29, 1.82) is 0 Å². The van der Waals surface area contributed by atoms with Crippen LogP contribution in [-0.2, 0) is 6.42 Å². The van der Waals surface area contributed by atoms with Gasteiger partial charge in [0.05, 0.1) is 0 Å². The van der Waals surface area contributed by atoms with E-state index in [9.17, 15) is 0 Å². The second-order valence-corrected chi connectivity index (χ2v) is 6.02. The highest BCUT2D eigenvalue weighted by atomic mass is 127. The van der Waals surface area contributed by atoms with Crippen molar-refractivity contribution >= 4 is 29.9 Å². The second-order valence-electron chi connectivity index (χ2n) is 6.02. The van der Waals surface area contributed by atoms with Crippen LogP contribution in [0.3, 0.4) is 0 Å². The maximum absolute atomic E-state index is 4.32. The first-order valence-electron chi connectivity index (χ1n) is 8.11. The Morgan fingerprint density at radius 2 is 2.09 bits per heavy atom. The molecule has 1 aromatic rings. The fourth-order valence-electron chi connectivity index (χ4n) is 3.14. The SMILES string of the molecule is CCC1(CNC(=NC)NCCc2cccnc2)CCCC1.I. The molecular weight excluding hydrogens is 387 g/mol. The number of rotatable bonds is 6. The standard InChI is InChI=1S/C17H28N4.HI/c1-3-17(9-4-5-10-17)14-21-16(18-2)20-12-8-15-7-6-11-19-13-15;/h6-7,11,13H,3-5,8-10,12,14H2,1-2H3,(H2,18,20,21);1H. The zero-order valence-electron chi connectivity index (χ0n) is 13.8.